The predicted molar refractivity (Wildman–Crippen MR) is 107 cm³/mol. The summed E-state index contributed by atoms with van der Waals surface area (Å²) in [6.07, 6.45) is 1.66. The van der Waals surface area contributed by atoms with Gasteiger partial charge < -0.3 is 9.64 Å². The van der Waals surface area contributed by atoms with Crippen LogP contribution in [-0.4, -0.2) is 49.7 Å². The number of aromatic nitrogens is 1. The normalized spacial score (nSPS) is 20.7. The molecule has 2 saturated heterocycles. The van der Waals surface area contributed by atoms with Gasteiger partial charge in [-0.3, -0.25) is 9.69 Å². The number of ether oxygens (including phenoxy) is 1. The van der Waals surface area contributed by atoms with E-state index in [9.17, 15) is 4.79 Å². The lowest BCUT2D eigenvalue weighted by atomic mass is 9.98. The lowest BCUT2D eigenvalue weighted by Gasteiger charge is -2.32. The summed E-state index contributed by atoms with van der Waals surface area (Å²) in [5, 5.41) is 1.29. The van der Waals surface area contributed by atoms with Crippen LogP contribution in [-0.2, 0) is 9.53 Å². The second kappa shape index (κ2) is 7.47. The molecule has 5 nitrogen and oxygen atoms in total. The van der Waals surface area contributed by atoms with Gasteiger partial charge in [-0.05, 0) is 31.2 Å². The van der Waals surface area contributed by atoms with Gasteiger partial charge in [0, 0.05) is 23.6 Å². The molecule has 2 aliphatic rings. The summed E-state index contributed by atoms with van der Waals surface area (Å²) in [5.41, 5.74) is 3.88. The van der Waals surface area contributed by atoms with E-state index in [1.165, 1.54) is 22.0 Å². The Hall–Kier alpha value is -2.14. The number of fused-ring (bicyclic) bond motifs is 1. The summed E-state index contributed by atoms with van der Waals surface area (Å²) in [6.45, 7) is 10.6. The molecule has 0 spiro atoms. The Labute approximate surface area is 161 Å². The van der Waals surface area contributed by atoms with Crippen molar-refractivity contribution in [3.63, 3.8) is 0 Å². The van der Waals surface area contributed by atoms with Crippen LogP contribution in [0.15, 0.2) is 24.3 Å². The van der Waals surface area contributed by atoms with E-state index in [0.29, 0.717) is 5.92 Å². The number of carbonyl (C=O) groups excluding carboxylic acids is 1. The zero-order valence-corrected chi connectivity index (χ0v) is 16.6. The molecule has 2 aliphatic heterocycles. The molecule has 1 aromatic heterocycles. The van der Waals surface area contributed by atoms with Crippen LogP contribution in [0.5, 0.6) is 0 Å². The third-order valence-corrected chi connectivity index (χ3v) is 5.89. The van der Waals surface area contributed by atoms with Gasteiger partial charge in [-0.2, -0.15) is 0 Å². The highest BCUT2D eigenvalue weighted by molar-refractivity contribution is 5.84. The van der Waals surface area contributed by atoms with Crippen molar-refractivity contribution in [1.82, 2.24) is 4.90 Å². The van der Waals surface area contributed by atoms with E-state index in [0.717, 1.165) is 51.4 Å². The number of hydrogen-bond acceptors (Lipinski definition) is 3. The Morgan fingerprint density at radius 3 is 2.67 bits per heavy atom. The Balaban J connectivity index is 1.53. The first-order valence-corrected chi connectivity index (χ1v) is 10.2. The van der Waals surface area contributed by atoms with E-state index in [4.69, 9.17) is 4.74 Å². The second-order valence-electron chi connectivity index (χ2n) is 8.08. The number of aromatic amines is 1. The highest BCUT2D eigenvalue weighted by atomic mass is 16.5. The maximum Gasteiger partial charge on any atom is 0.275 e. The molecule has 2 aromatic rings. The van der Waals surface area contributed by atoms with Crippen LogP contribution >= 0.6 is 0 Å². The van der Waals surface area contributed by atoms with Crippen molar-refractivity contribution in [2.75, 3.05) is 37.7 Å². The van der Waals surface area contributed by atoms with Crippen LogP contribution in [0.1, 0.15) is 43.7 Å². The number of hydrogen-bond donors (Lipinski definition) is 0. The minimum absolute atomic E-state index is 0.174. The van der Waals surface area contributed by atoms with Crippen LogP contribution in [0, 0.1) is 6.92 Å². The molecule has 3 heterocycles. The molecule has 4 rings (SSSR count). The van der Waals surface area contributed by atoms with Crippen LogP contribution < -0.4 is 9.88 Å². The van der Waals surface area contributed by atoms with Gasteiger partial charge in [0.2, 0.25) is 0 Å². The number of para-hydroxylation sites is 1. The summed E-state index contributed by atoms with van der Waals surface area (Å²) >= 11 is 0. The number of aryl methyl sites for hydroxylation is 1. The van der Waals surface area contributed by atoms with Crippen LogP contribution in [0.25, 0.3) is 10.9 Å². The van der Waals surface area contributed by atoms with Gasteiger partial charge in [-0.15, -0.1) is 0 Å². The third kappa shape index (κ3) is 3.53. The first-order valence-electron chi connectivity index (χ1n) is 10.2. The van der Waals surface area contributed by atoms with Crippen molar-refractivity contribution < 1.29 is 14.5 Å². The lowest BCUT2D eigenvalue weighted by Crippen LogP contribution is -2.52. The largest absolute Gasteiger partial charge is 0.368 e. The first-order chi connectivity index (χ1) is 13.0. The smallest absolute Gasteiger partial charge is 0.275 e. The Morgan fingerprint density at radius 2 is 2.00 bits per heavy atom. The van der Waals surface area contributed by atoms with Gasteiger partial charge in [0.25, 0.3) is 11.7 Å². The monoisotopic (exact) mass is 368 g/mol. The minimum Gasteiger partial charge on any atom is -0.368 e. The maximum atomic E-state index is 12.6. The number of nitrogens with zero attached hydrogens (tertiary/aromatic N) is 2. The topological polar surface area (TPSA) is 46.9 Å². The number of rotatable bonds is 3. The molecule has 0 bridgehead atoms. The molecule has 0 aliphatic carbocycles. The fourth-order valence-electron chi connectivity index (χ4n) is 4.28. The first kappa shape index (κ1) is 18.2. The number of anilines is 1. The van der Waals surface area contributed by atoms with E-state index < -0.39 is 0 Å². The van der Waals surface area contributed by atoms with Gasteiger partial charge in [0.15, 0.2) is 0 Å². The molecule has 144 valence electrons. The molecule has 0 radical (unpaired) electrons. The zero-order valence-electron chi connectivity index (χ0n) is 16.6. The number of benzene rings is 1. The number of nitrogens with one attached hydrogen (secondary N) is 1. The Kier molecular flexibility index (Phi) is 5.04. The van der Waals surface area contributed by atoms with Crippen LogP contribution in [0.4, 0.5) is 5.82 Å². The number of carbonyl (C=O) groups is 1. The number of piperazine rings is 1. The van der Waals surface area contributed by atoms with Crippen molar-refractivity contribution in [2.24, 2.45) is 0 Å². The average molecular weight is 369 g/mol. The lowest BCUT2D eigenvalue weighted by molar-refractivity contribution is -0.331. The maximum absolute atomic E-state index is 12.6. The summed E-state index contributed by atoms with van der Waals surface area (Å²) in [6, 6.07) is 8.79. The van der Waals surface area contributed by atoms with E-state index in [2.05, 4.69) is 54.9 Å². The van der Waals surface area contributed by atoms with E-state index in [1.54, 1.807) is 0 Å². The SMILES string of the molecule is Cc1cc(N2CCN(C(=O)[C@@H]3CCCO3)CC2)[nH+]c2c(C(C)C)cccc12. The Bertz CT molecular complexity index is 835. The third-order valence-electron chi connectivity index (χ3n) is 5.89. The highest BCUT2D eigenvalue weighted by Gasteiger charge is 2.32. The van der Waals surface area contributed by atoms with E-state index in [1.807, 2.05) is 4.90 Å². The standard InChI is InChI=1S/C22H29N3O2/c1-15(2)17-6-4-7-18-16(3)14-20(23-21(17)18)24-9-11-25(12-10-24)22(26)19-8-5-13-27-19/h4,6-7,14-15,19H,5,8-13H2,1-3H3/p+1/t19-/m0/s1. The summed E-state index contributed by atoms with van der Waals surface area (Å²) < 4.78 is 5.57. The predicted octanol–water partition coefficient (Wildman–Crippen LogP) is 2.91. The summed E-state index contributed by atoms with van der Waals surface area (Å²) in [5.74, 6) is 1.80. The molecule has 1 amide bonds. The van der Waals surface area contributed by atoms with Crippen LogP contribution in [0.2, 0.25) is 0 Å². The molecule has 1 N–H and O–H groups in total. The van der Waals surface area contributed by atoms with Gasteiger partial charge in [0.05, 0.1) is 13.1 Å². The molecule has 2 fully saturated rings. The van der Waals surface area contributed by atoms with Gasteiger partial charge in [0.1, 0.15) is 24.7 Å². The minimum atomic E-state index is -0.209. The van der Waals surface area contributed by atoms with Crippen molar-refractivity contribution in [1.29, 1.82) is 0 Å². The molecular weight excluding hydrogens is 338 g/mol. The average Bonchev–Trinajstić information content (AvgIpc) is 3.22. The van der Waals surface area contributed by atoms with Crippen molar-refractivity contribution in [3.05, 3.63) is 35.4 Å². The van der Waals surface area contributed by atoms with E-state index >= 15 is 0 Å². The van der Waals surface area contributed by atoms with Gasteiger partial charge in [-0.1, -0.05) is 32.0 Å². The van der Waals surface area contributed by atoms with Crippen molar-refractivity contribution in [3.8, 4) is 0 Å². The van der Waals surface area contributed by atoms with Crippen molar-refractivity contribution >= 4 is 22.6 Å². The summed E-state index contributed by atoms with van der Waals surface area (Å²) in [7, 11) is 0. The highest BCUT2D eigenvalue weighted by Crippen LogP contribution is 2.26. The molecule has 0 saturated carbocycles. The number of amides is 1. The molecule has 1 aromatic carbocycles. The van der Waals surface area contributed by atoms with Crippen LogP contribution in [0.3, 0.4) is 0 Å². The fraction of sp³-hybridized carbons (Fsp3) is 0.545. The quantitative estimate of drug-likeness (QED) is 0.837. The van der Waals surface area contributed by atoms with Gasteiger partial charge in [-0.25, -0.2) is 4.98 Å². The zero-order chi connectivity index (χ0) is 19.0. The molecule has 1 atom stereocenters. The van der Waals surface area contributed by atoms with Gasteiger partial charge >= 0.3 is 0 Å². The number of pyridine rings is 1. The number of H-pyrrole nitrogens is 1. The Morgan fingerprint density at radius 1 is 1.22 bits per heavy atom. The van der Waals surface area contributed by atoms with Crippen molar-refractivity contribution in [2.45, 2.75) is 45.6 Å². The molecule has 5 heteroatoms. The fourth-order valence-corrected chi connectivity index (χ4v) is 4.28. The molecular formula is C22H30N3O2+. The molecule has 27 heavy (non-hydrogen) atoms. The molecule has 0 unspecified atom stereocenters. The van der Waals surface area contributed by atoms with E-state index in [-0.39, 0.29) is 12.0 Å². The summed E-state index contributed by atoms with van der Waals surface area (Å²) in [4.78, 5) is 20.6. The second-order valence-corrected chi connectivity index (χ2v) is 8.08.